The van der Waals surface area contributed by atoms with E-state index in [1.165, 1.54) is 5.56 Å². The van der Waals surface area contributed by atoms with Gasteiger partial charge in [0.2, 0.25) is 0 Å². The second-order valence-electron chi connectivity index (χ2n) is 4.80. The number of rotatable bonds is 3. The summed E-state index contributed by atoms with van der Waals surface area (Å²) in [6, 6.07) is 9.91. The number of anilines is 1. The van der Waals surface area contributed by atoms with E-state index in [9.17, 15) is 0 Å². The first-order valence-corrected chi connectivity index (χ1v) is 6.14. The van der Waals surface area contributed by atoms with Crippen molar-refractivity contribution in [2.24, 2.45) is 5.73 Å². The minimum atomic E-state index is -0.222. The highest BCUT2D eigenvalue weighted by molar-refractivity contribution is 5.49. The number of nitrogen functional groups attached to an aromatic ring is 1. The highest BCUT2D eigenvalue weighted by Gasteiger charge is 2.12. The van der Waals surface area contributed by atoms with Gasteiger partial charge in [-0.3, -0.25) is 4.98 Å². The average Bonchev–Trinajstić information content (AvgIpc) is 2.38. The van der Waals surface area contributed by atoms with Gasteiger partial charge >= 0.3 is 0 Å². The predicted molar refractivity (Wildman–Crippen MR) is 75.2 cm³/mol. The van der Waals surface area contributed by atoms with Crippen LogP contribution in [0.15, 0.2) is 42.7 Å². The van der Waals surface area contributed by atoms with Crippen molar-refractivity contribution in [1.82, 2.24) is 4.98 Å². The Morgan fingerprint density at radius 2 is 1.61 bits per heavy atom. The lowest BCUT2D eigenvalue weighted by atomic mass is 9.96. The summed E-state index contributed by atoms with van der Waals surface area (Å²) in [4.78, 5) is 4.08. The summed E-state index contributed by atoms with van der Waals surface area (Å²) in [6.45, 7) is 4.35. The molecule has 3 heteroatoms. The number of aromatic nitrogens is 1. The molecule has 2 rings (SSSR count). The second-order valence-corrected chi connectivity index (χ2v) is 4.80. The molecule has 0 fully saturated rings. The second kappa shape index (κ2) is 5.19. The smallest absolute Gasteiger partial charge is 0.0587 e. The molecule has 0 saturated heterocycles. The number of nitrogens with two attached hydrogens (primary N) is 2. The van der Waals surface area contributed by atoms with Gasteiger partial charge in [0.25, 0.3) is 0 Å². The molecule has 0 aliphatic heterocycles. The Labute approximate surface area is 108 Å². The van der Waals surface area contributed by atoms with Crippen molar-refractivity contribution in [3.05, 3.63) is 59.4 Å². The molecule has 1 heterocycles. The predicted octanol–water partition coefficient (Wildman–Crippen LogP) is 2.84. The summed E-state index contributed by atoms with van der Waals surface area (Å²) < 4.78 is 0. The monoisotopic (exact) mass is 241 g/mol. The van der Waals surface area contributed by atoms with E-state index in [4.69, 9.17) is 11.5 Å². The van der Waals surface area contributed by atoms with Gasteiger partial charge in [-0.1, -0.05) is 38.1 Å². The number of hydrogen-bond acceptors (Lipinski definition) is 3. The third-order valence-corrected chi connectivity index (χ3v) is 3.18. The zero-order valence-electron chi connectivity index (χ0n) is 10.8. The lowest BCUT2D eigenvalue weighted by Gasteiger charge is -2.15. The number of benzene rings is 1. The van der Waals surface area contributed by atoms with E-state index in [0.29, 0.717) is 11.6 Å². The van der Waals surface area contributed by atoms with Gasteiger partial charge in [0.05, 0.1) is 6.04 Å². The summed E-state index contributed by atoms with van der Waals surface area (Å²) >= 11 is 0. The highest BCUT2D eigenvalue weighted by atomic mass is 14.7. The molecule has 0 radical (unpaired) electrons. The molecular formula is C15H19N3. The fourth-order valence-corrected chi connectivity index (χ4v) is 1.95. The maximum absolute atomic E-state index is 6.22. The Bertz CT molecular complexity index is 518. The molecule has 0 amide bonds. The number of pyridine rings is 1. The van der Waals surface area contributed by atoms with Crippen molar-refractivity contribution in [2.75, 3.05) is 5.73 Å². The Morgan fingerprint density at radius 3 is 2.17 bits per heavy atom. The molecule has 18 heavy (non-hydrogen) atoms. The van der Waals surface area contributed by atoms with Crippen LogP contribution in [-0.4, -0.2) is 4.98 Å². The van der Waals surface area contributed by atoms with Crippen LogP contribution in [0.4, 0.5) is 5.69 Å². The number of nitrogens with zero attached hydrogens (tertiary/aromatic N) is 1. The average molecular weight is 241 g/mol. The molecule has 94 valence electrons. The zero-order valence-corrected chi connectivity index (χ0v) is 10.8. The molecular weight excluding hydrogens is 222 g/mol. The van der Waals surface area contributed by atoms with Crippen LogP contribution in [0.1, 0.15) is 42.5 Å². The van der Waals surface area contributed by atoms with E-state index >= 15 is 0 Å². The van der Waals surface area contributed by atoms with E-state index in [-0.39, 0.29) is 6.04 Å². The normalized spacial score (nSPS) is 12.7. The van der Waals surface area contributed by atoms with Crippen molar-refractivity contribution in [3.8, 4) is 0 Å². The standard InChI is InChI=1S/C15H19N3/c1-10(2)11-3-5-12(6-4-11)15(17)13-9-18-8-7-14(13)16/h3-10,15H,17H2,1-2H3,(H2,16,18). The van der Waals surface area contributed by atoms with Crippen LogP contribution in [0, 0.1) is 0 Å². The van der Waals surface area contributed by atoms with Gasteiger partial charge in [0, 0.05) is 23.6 Å². The van der Waals surface area contributed by atoms with E-state index in [0.717, 1.165) is 11.1 Å². The SMILES string of the molecule is CC(C)c1ccc(C(N)c2cnccc2N)cc1. The van der Waals surface area contributed by atoms with Crippen LogP contribution in [0.2, 0.25) is 0 Å². The molecule has 3 nitrogen and oxygen atoms in total. The van der Waals surface area contributed by atoms with Crippen molar-refractivity contribution >= 4 is 5.69 Å². The van der Waals surface area contributed by atoms with Gasteiger partial charge in [0.15, 0.2) is 0 Å². The first-order valence-electron chi connectivity index (χ1n) is 6.14. The molecule has 0 aliphatic carbocycles. The van der Waals surface area contributed by atoms with Gasteiger partial charge < -0.3 is 11.5 Å². The molecule has 1 unspecified atom stereocenters. The molecule has 0 bridgehead atoms. The summed E-state index contributed by atoms with van der Waals surface area (Å²) in [6.07, 6.45) is 3.41. The molecule has 1 atom stereocenters. The topological polar surface area (TPSA) is 64.9 Å². The van der Waals surface area contributed by atoms with E-state index in [2.05, 4.69) is 43.1 Å². The van der Waals surface area contributed by atoms with Gasteiger partial charge in [0.1, 0.15) is 0 Å². The Morgan fingerprint density at radius 1 is 1.00 bits per heavy atom. The van der Waals surface area contributed by atoms with Crippen molar-refractivity contribution in [1.29, 1.82) is 0 Å². The van der Waals surface area contributed by atoms with Crippen LogP contribution < -0.4 is 11.5 Å². The quantitative estimate of drug-likeness (QED) is 0.868. The van der Waals surface area contributed by atoms with Crippen molar-refractivity contribution < 1.29 is 0 Å². The van der Waals surface area contributed by atoms with E-state index in [1.54, 1.807) is 18.5 Å². The third-order valence-electron chi connectivity index (χ3n) is 3.18. The summed E-state index contributed by atoms with van der Waals surface area (Å²) in [5.41, 5.74) is 16.1. The van der Waals surface area contributed by atoms with Crippen LogP contribution in [0.5, 0.6) is 0 Å². The van der Waals surface area contributed by atoms with Crippen LogP contribution in [0.3, 0.4) is 0 Å². The minimum Gasteiger partial charge on any atom is -0.398 e. The molecule has 0 saturated carbocycles. The van der Waals surface area contributed by atoms with E-state index in [1.807, 2.05) is 0 Å². The van der Waals surface area contributed by atoms with Crippen LogP contribution in [-0.2, 0) is 0 Å². The Kier molecular flexibility index (Phi) is 3.63. The fraction of sp³-hybridized carbons (Fsp3) is 0.267. The lowest BCUT2D eigenvalue weighted by Crippen LogP contribution is -2.14. The lowest BCUT2D eigenvalue weighted by molar-refractivity contribution is 0.845. The summed E-state index contributed by atoms with van der Waals surface area (Å²) in [5.74, 6) is 0.527. The highest BCUT2D eigenvalue weighted by Crippen LogP contribution is 2.25. The first kappa shape index (κ1) is 12.6. The van der Waals surface area contributed by atoms with Crippen molar-refractivity contribution in [2.45, 2.75) is 25.8 Å². The van der Waals surface area contributed by atoms with Gasteiger partial charge in [-0.2, -0.15) is 0 Å². The maximum Gasteiger partial charge on any atom is 0.0587 e. The van der Waals surface area contributed by atoms with Gasteiger partial charge in [-0.25, -0.2) is 0 Å². The summed E-state index contributed by atoms with van der Waals surface area (Å²) in [5, 5.41) is 0. The molecule has 2 aromatic rings. The Hall–Kier alpha value is -1.87. The first-order chi connectivity index (χ1) is 8.59. The number of hydrogen-bond donors (Lipinski definition) is 2. The third kappa shape index (κ3) is 2.51. The zero-order chi connectivity index (χ0) is 13.1. The van der Waals surface area contributed by atoms with Crippen LogP contribution in [0.25, 0.3) is 0 Å². The van der Waals surface area contributed by atoms with E-state index < -0.39 is 0 Å². The molecule has 0 aliphatic rings. The Balaban J connectivity index is 2.29. The van der Waals surface area contributed by atoms with Crippen molar-refractivity contribution in [3.63, 3.8) is 0 Å². The molecule has 4 N–H and O–H groups in total. The fourth-order valence-electron chi connectivity index (χ4n) is 1.95. The largest absolute Gasteiger partial charge is 0.398 e. The summed E-state index contributed by atoms with van der Waals surface area (Å²) in [7, 11) is 0. The minimum absolute atomic E-state index is 0.222. The molecule has 1 aromatic heterocycles. The van der Waals surface area contributed by atoms with Crippen LogP contribution >= 0.6 is 0 Å². The molecule has 1 aromatic carbocycles. The maximum atomic E-state index is 6.22. The molecule has 0 spiro atoms. The van der Waals surface area contributed by atoms with Gasteiger partial charge in [-0.15, -0.1) is 0 Å². The van der Waals surface area contributed by atoms with Gasteiger partial charge in [-0.05, 0) is 23.1 Å².